The van der Waals surface area contributed by atoms with E-state index in [-0.39, 0.29) is 11.9 Å². The molecule has 2 atom stereocenters. The maximum atomic E-state index is 12.8. The Bertz CT molecular complexity index is 700. The number of hydrogen-bond donors (Lipinski definition) is 1. The Morgan fingerprint density at radius 2 is 1.95 bits per heavy atom. The van der Waals surface area contributed by atoms with E-state index in [0.29, 0.717) is 17.7 Å². The van der Waals surface area contributed by atoms with Gasteiger partial charge >= 0.3 is 5.97 Å². The van der Waals surface area contributed by atoms with Gasteiger partial charge in [-0.3, -0.25) is 4.79 Å². The average molecular weight is 380 g/mol. The average Bonchev–Trinajstić information content (AvgIpc) is 3.13. The fourth-order valence-electron chi connectivity index (χ4n) is 2.89. The molecular formula is C16H14BrNO3S. The molecular weight excluding hydrogens is 366 g/mol. The van der Waals surface area contributed by atoms with Crippen LogP contribution in [0.15, 0.2) is 46.3 Å². The highest BCUT2D eigenvalue weighted by molar-refractivity contribution is 9.10. The van der Waals surface area contributed by atoms with E-state index in [2.05, 4.69) is 15.9 Å². The van der Waals surface area contributed by atoms with Gasteiger partial charge in [-0.05, 0) is 40.4 Å². The number of carbonyl (C=O) groups is 2. The van der Waals surface area contributed by atoms with E-state index in [0.717, 1.165) is 10.0 Å². The molecule has 1 N–H and O–H groups in total. The summed E-state index contributed by atoms with van der Waals surface area (Å²) < 4.78 is 0.836. The molecule has 1 fully saturated rings. The highest BCUT2D eigenvalue weighted by Crippen LogP contribution is 2.38. The summed E-state index contributed by atoms with van der Waals surface area (Å²) >= 11 is 4.66. The Morgan fingerprint density at radius 1 is 1.23 bits per heavy atom. The molecule has 3 rings (SSSR count). The van der Waals surface area contributed by atoms with E-state index in [1.54, 1.807) is 6.07 Å². The number of amides is 1. The number of nitrogens with zero attached hydrogens (tertiary/aromatic N) is 1. The normalized spacial score (nSPS) is 21.0. The van der Waals surface area contributed by atoms with Crippen LogP contribution in [0.4, 0.5) is 0 Å². The van der Waals surface area contributed by atoms with Gasteiger partial charge in [0.1, 0.15) is 6.04 Å². The number of aliphatic carboxylic acids is 1. The van der Waals surface area contributed by atoms with Crippen LogP contribution in [-0.4, -0.2) is 27.9 Å². The van der Waals surface area contributed by atoms with E-state index in [1.165, 1.54) is 16.2 Å². The number of carboxylic acid groups (broad SMARTS) is 1. The van der Waals surface area contributed by atoms with Crippen LogP contribution in [0.1, 0.15) is 34.1 Å². The zero-order valence-corrected chi connectivity index (χ0v) is 14.0. The lowest BCUT2D eigenvalue weighted by Crippen LogP contribution is -2.41. The number of rotatable bonds is 3. The van der Waals surface area contributed by atoms with E-state index >= 15 is 0 Å². The summed E-state index contributed by atoms with van der Waals surface area (Å²) in [6, 6.07) is 10.4. The molecule has 22 heavy (non-hydrogen) atoms. The first-order chi connectivity index (χ1) is 10.6. The molecule has 0 spiro atoms. The fraction of sp³-hybridized carbons (Fsp3) is 0.250. The third-order valence-corrected chi connectivity index (χ3v) is 5.55. The summed E-state index contributed by atoms with van der Waals surface area (Å²) in [5.74, 6) is -1.16. The van der Waals surface area contributed by atoms with Gasteiger partial charge in [0.05, 0.1) is 10.9 Å². The third-order valence-electron chi connectivity index (χ3n) is 3.87. The number of halogens is 1. The summed E-state index contributed by atoms with van der Waals surface area (Å²) in [7, 11) is 0. The van der Waals surface area contributed by atoms with Crippen LogP contribution in [-0.2, 0) is 4.79 Å². The van der Waals surface area contributed by atoms with Gasteiger partial charge in [0.2, 0.25) is 0 Å². The van der Waals surface area contributed by atoms with Gasteiger partial charge in [-0.1, -0.05) is 30.3 Å². The van der Waals surface area contributed by atoms with Gasteiger partial charge in [-0.25, -0.2) is 4.79 Å². The van der Waals surface area contributed by atoms with E-state index in [1.807, 2.05) is 35.7 Å². The van der Waals surface area contributed by atoms with Gasteiger partial charge in [0, 0.05) is 9.85 Å². The Balaban J connectivity index is 1.97. The number of carbonyl (C=O) groups excluding carboxylic acids is 1. The molecule has 0 saturated carbocycles. The predicted molar refractivity (Wildman–Crippen MR) is 88.0 cm³/mol. The van der Waals surface area contributed by atoms with Crippen molar-refractivity contribution in [3.05, 3.63) is 56.7 Å². The maximum absolute atomic E-state index is 12.8. The second kappa shape index (κ2) is 6.22. The number of hydrogen-bond acceptors (Lipinski definition) is 3. The number of carboxylic acids is 1. The summed E-state index contributed by atoms with van der Waals surface area (Å²) in [5.41, 5.74) is 0.982. The molecule has 1 aliphatic heterocycles. The summed E-state index contributed by atoms with van der Waals surface area (Å²) in [6.07, 6.45) is 1.15. The molecule has 6 heteroatoms. The zero-order chi connectivity index (χ0) is 15.7. The van der Waals surface area contributed by atoms with E-state index in [9.17, 15) is 14.7 Å². The smallest absolute Gasteiger partial charge is 0.326 e. The van der Waals surface area contributed by atoms with Crippen LogP contribution in [0.2, 0.25) is 0 Å². The maximum Gasteiger partial charge on any atom is 0.326 e. The Hall–Kier alpha value is -1.66. The highest BCUT2D eigenvalue weighted by atomic mass is 79.9. The lowest BCUT2D eigenvalue weighted by Gasteiger charge is -2.28. The van der Waals surface area contributed by atoms with Crippen molar-refractivity contribution < 1.29 is 14.7 Å². The first kappa shape index (κ1) is 15.2. The largest absolute Gasteiger partial charge is 0.480 e. The first-order valence-corrected chi connectivity index (χ1v) is 8.59. The van der Waals surface area contributed by atoms with E-state index < -0.39 is 12.0 Å². The molecule has 1 aromatic carbocycles. The summed E-state index contributed by atoms with van der Waals surface area (Å²) in [4.78, 5) is 26.4. The van der Waals surface area contributed by atoms with Crippen LogP contribution in [0.3, 0.4) is 0 Å². The van der Waals surface area contributed by atoms with Gasteiger partial charge in [-0.15, -0.1) is 11.3 Å². The third kappa shape index (κ3) is 2.80. The highest BCUT2D eigenvalue weighted by Gasteiger charge is 2.42. The molecule has 1 amide bonds. The van der Waals surface area contributed by atoms with Gasteiger partial charge in [0.25, 0.3) is 5.91 Å². The van der Waals surface area contributed by atoms with Crippen molar-refractivity contribution in [2.45, 2.75) is 24.9 Å². The molecule has 4 nitrogen and oxygen atoms in total. The monoisotopic (exact) mass is 379 g/mol. The molecule has 0 bridgehead atoms. The van der Waals surface area contributed by atoms with Crippen LogP contribution < -0.4 is 0 Å². The zero-order valence-electron chi connectivity index (χ0n) is 11.6. The minimum Gasteiger partial charge on any atom is -0.480 e. The summed E-state index contributed by atoms with van der Waals surface area (Å²) in [5, 5.41) is 11.3. The molecule has 2 aromatic rings. The standard InChI is InChI=1S/C16H14BrNO3S/c17-11-8-14(22-9-11)15(19)18-12(6-7-13(18)16(20)21)10-4-2-1-3-5-10/h1-5,8-9,12-13H,6-7H2,(H,20,21). The van der Waals surface area contributed by atoms with Crippen molar-refractivity contribution in [3.8, 4) is 0 Å². The minimum absolute atomic E-state index is 0.185. The molecule has 0 radical (unpaired) electrons. The number of benzene rings is 1. The van der Waals surface area contributed by atoms with Crippen molar-refractivity contribution in [2.24, 2.45) is 0 Å². The SMILES string of the molecule is O=C(O)C1CCC(c2ccccc2)N1C(=O)c1cc(Br)cs1. The fourth-order valence-corrected chi connectivity index (χ4v) is 4.26. The van der Waals surface area contributed by atoms with Crippen molar-refractivity contribution in [3.63, 3.8) is 0 Å². The van der Waals surface area contributed by atoms with Crippen molar-refractivity contribution in [1.82, 2.24) is 4.90 Å². The second-order valence-electron chi connectivity index (χ2n) is 5.20. The van der Waals surface area contributed by atoms with Crippen LogP contribution in [0.25, 0.3) is 0 Å². The Kier molecular flexibility index (Phi) is 4.31. The molecule has 114 valence electrons. The van der Waals surface area contributed by atoms with Crippen molar-refractivity contribution in [1.29, 1.82) is 0 Å². The summed E-state index contributed by atoms with van der Waals surface area (Å²) in [6.45, 7) is 0. The Morgan fingerprint density at radius 3 is 2.55 bits per heavy atom. The molecule has 1 aromatic heterocycles. The van der Waals surface area contributed by atoms with Crippen LogP contribution in [0.5, 0.6) is 0 Å². The van der Waals surface area contributed by atoms with Gasteiger partial charge in [0.15, 0.2) is 0 Å². The lowest BCUT2D eigenvalue weighted by atomic mass is 10.0. The minimum atomic E-state index is -0.942. The first-order valence-electron chi connectivity index (χ1n) is 6.92. The van der Waals surface area contributed by atoms with Crippen LogP contribution >= 0.6 is 27.3 Å². The van der Waals surface area contributed by atoms with Crippen molar-refractivity contribution in [2.75, 3.05) is 0 Å². The number of thiophene rings is 1. The van der Waals surface area contributed by atoms with E-state index in [4.69, 9.17) is 0 Å². The molecule has 1 aliphatic rings. The van der Waals surface area contributed by atoms with Gasteiger partial charge in [-0.2, -0.15) is 0 Å². The molecule has 1 saturated heterocycles. The molecule has 2 heterocycles. The lowest BCUT2D eigenvalue weighted by molar-refractivity contribution is -0.141. The molecule has 2 unspecified atom stereocenters. The number of likely N-dealkylation sites (tertiary alicyclic amines) is 1. The van der Waals surface area contributed by atoms with Gasteiger partial charge < -0.3 is 10.0 Å². The topological polar surface area (TPSA) is 57.6 Å². The second-order valence-corrected chi connectivity index (χ2v) is 7.03. The van der Waals surface area contributed by atoms with Crippen molar-refractivity contribution >= 4 is 39.1 Å². The Labute approximate surface area is 140 Å². The quantitative estimate of drug-likeness (QED) is 0.878. The predicted octanol–water partition coefficient (Wildman–Crippen LogP) is 3.94. The molecule has 0 aliphatic carbocycles. The van der Waals surface area contributed by atoms with Crippen LogP contribution in [0, 0.1) is 0 Å².